The molecule has 0 saturated carbocycles. The molecule has 0 spiro atoms. The minimum atomic E-state index is -3.96. The predicted octanol–water partition coefficient (Wildman–Crippen LogP) is 1.10. The van der Waals surface area contributed by atoms with Crippen molar-refractivity contribution in [2.24, 2.45) is 0 Å². The summed E-state index contributed by atoms with van der Waals surface area (Å²) in [5, 5.41) is 19.2. The molecule has 1 aromatic carbocycles. The molecule has 9 heteroatoms. The molecule has 1 rings (SSSR count). The van der Waals surface area contributed by atoms with Crippen LogP contribution in [0.1, 0.15) is 13.3 Å². The van der Waals surface area contributed by atoms with E-state index in [2.05, 4.69) is 0 Å². The molecule has 0 amide bonds. The van der Waals surface area contributed by atoms with E-state index in [-0.39, 0.29) is 35.8 Å². The summed E-state index contributed by atoms with van der Waals surface area (Å²) in [5.41, 5.74) is 5.19. The maximum Gasteiger partial charge on any atom is 0.270 e. The molecule has 0 unspecified atom stereocenters. The van der Waals surface area contributed by atoms with Crippen LogP contribution in [0.25, 0.3) is 0 Å². The number of hydrogen-bond donors (Lipinski definition) is 1. The fourth-order valence-electron chi connectivity index (χ4n) is 1.62. The number of non-ortho nitro benzene ring substituents is 1. The minimum Gasteiger partial charge on any atom is -0.398 e. The molecule has 108 valence electrons. The predicted molar refractivity (Wildman–Crippen MR) is 72.2 cm³/mol. The van der Waals surface area contributed by atoms with Crippen molar-refractivity contribution in [3.63, 3.8) is 0 Å². The van der Waals surface area contributed by atoms with Crippen molar-refractivity contribution >= 4 is 21.4 Å². The molecule has 0 bridgehead atoms. The number of hydrogen-bond acceptors (Lipinski definition) is 6. The zero-order chi connectivity index (χ0) is 15.3. The van der Waals surface area contributed by atoms with Crippen molar-refractivity contribution in [2.75, 3.05) is 18.8 Å². The van der Waals surface area contributed by atoms with Gasteiger partial charge in [0.05, 0.1) is 16.7 Å². The molecule has 0 fully saturated rings. The van der Waals surface area contributed by atoms with Crippen LogP contribution >= 0.6 is 0 Å². The van der Waals surface area contributed by atoms with E-state index >= 15 is 0 Å². The Morgan fingerprint density at radius 3 is 2.65 bits per heavy atom. The number of nitrogen functional groups attached to an aromatic ring is 1. The van der Waals surface area contributed by atoms with Crippen molar-refractivity contribution in [1.82, 2.24) is 4.31 Å². The smallest absolute Gasteiger partial charge is 0.270 e. The molecule has 20 heavy (non-hydrogen) atoms. The van der Waals surface area contributed by atoms with Crippen molar-refractivity contribution in [3.05, 3.63) is 28.3 Å². The van der Waals surface area contributed by atoms with Crippen LogP contribution in [-0.2, 0) is 10.0 Å². The van der Waals surface area contributed by atoms with Gasteiger partial charge in [-0.1, -0.05) is 6.92 Å². The van der Waals surface area contributed by atoms with Gasteiger partial charge in [-0.15, -0.1) is 0 Å². The molecule has 0 aliphatic carbocycles. The monoisotopic (exact) mass is 298 g/mol. The van der Waals surface area contributed by atoms with Crippen LogP contribution in [0.15, 0.2) is 23.1 Å². The Morgan fingerprint density at radius 2 is 2.15 bits per heavy atom. The van der Waals surface area contributed by atoms with Crippen LogP contribution in [0.4, 0.5) is 11.4 Å². The van der Waals surface area contributed by atoms with E-state index in [1.807, 2.05) is 6.07 Å². The summed E-state index contributed by atoms with van der Waals surface area (Å²) in [5.74, 6) is 0. The Bertz CT molecular complexity index is 651. The summed E-state index contributed by atoms with van der Waals surface area (Å²) in [6.45, 7) is 1.77. The van der Waals surface area contributed by atoms with Crippen molar-refractivity contribution < 1.29 is 13.3 Å². The number of rotatable bonds is 6. The Labute approximate surface area is 116 Å². The Balaban J connectivity index is 3.30. The van der Waals surface area contributed by atoms with Gasteiger partial charge < -0.3 is 5.73 Å². The number of nitriles is 1. The minimum absolute atomic E-state index is 0.0114. The molecular formula is C11H14N4O4S. The first-order valence-electron chi connectivity index (χ1n) is 5.75. The summed E-state index contributed by atoms with van der Waals surface area (Å²) in [4.78, 5) is 9.71. The molecule has 0 aromatic heterocycles. The number of nitrogens with zero attached hydrogens (tertiary/aromatic N) is 3. The van der Waals surface area contributed by atoms with Crippen LogP contribution in [0, 0.1) is 21.4 Å². The Hall–Kier alpha value is -2.18. The van der Waals surface area contributed by atoms with Gasteiger partial charge >= 0.3 is 0 Å². The van der Waals surface area contributed by atoms with E-state index in [1.165, 1.54) is 6.07 Å². The number of sulfonamides is 1. The average molecular weight is 298 g/mol. The van der Waals surface area contributed by atoms with Crippen molar-refractivity contribution in [1.29, 1.82) is 5.26 Å². The second-order valence-corrected chi connectivity index (χ2v) is 5.79. The normalized spacial score (nSPS) is 11.2. The quantitative estimate of drug-likeness (QED) is 0.475. The van der Waals surface area contributed by atoms with Crippen LogP contribution in [0.5, 0.6) is 0 Å². The number of benzene rings is 1. The van der Waals surface area contributed by atoms with Crippen LogP contribution in [0.2, 0.25) is 0 Å². The van der Waals surface area contributed by atoms with E-state index in [0.29, 0.717) is 0 Å². The molecule has 0 aliphatic heterocycles. The summed E-state index contributed by atoms with van der Waals surface area (Å²) in [6, 6.07) is 5.11. The second kappa shape index (κ2) is 6.31. The van der Waals surface area contributed by atoms with E-state index in [1.54, 1.807) is 6.92 Å². The molecule has 0 radical (unpaired) electrons. The van der Waals surface area contributed by atoms with Gasteiger partial charge in [-0.3, -0.25) is 10.1 Å². The number of nitrogens with two attached hydrogens (primary N) is 1. The van der Waals surface area contributed by atoms with E-state index in [0.717, 1.165) is 16.4 Å². The molecule has 0 heterocycles. The largest absolute Gasteiger partial charge is 0.398 e. The van der Waals surface area contributed by atoms with Crippen molar-refractivity contribution in [3.8, 4) is 6.07 Å². The third-order valence-corrected chi connectivity index (χ3v) is 4.68. The van der Waals surface area contributed by atoms with Gasteiger partial charge in [0, 0.05) is 31.6 Å². The summed E-state index contributed by atoms with van der Waals surface area (Å²) >= 11 is 0. The lowest BCUT2D eigenvalue weighted by molar-refractivity contribution is -0.385. The SMILES string of the molecule is CCN(CCC#N)S(=O)(=O)c1cc([N+](=O)[O-])ccc1N. The average Bonchev–Trinajstić information content (AvgIpc) is 2.39. The fraction of sp³-hybridized carbons (Fsp3) is 0.364. The van der Waals surface area contributed by atoms with Gasteiger partial charge in [0.15, 0.2) is 0 Å². The third kappa shape index (κ3) is 3.23. The molecule has 0 saturated heterocycles. The summed E-state index contributed by atoms with van der Waals surface area (Å²) < 4.78 is 25.8. The lowest BCUT2D eigenvalue weighted by Crippen LogP contribution is -2.32. The zero-order valence-corrected chi connectivity index (χ0v) is 11.6. The van der Waals surface area contributed by atoms with E-state index < -0.39 is 14.9 Å². The highest BCUT2D eigenvalue weighted by molar-refractivity contribution is 7.89. The van der Waals surface area contributed by atoms with Crippen LogP contribution in [0.3, 0.4) is 0 Å². The van der Waals surface area contributed by atoms with Crippen LogP contribution < -0.4 is 5.73 Å². The Kier molecular flexibility index (Phi) is 5.01. The molecule has 8 nitrogen and oxygen atoms in total. The van der Waals surface area contributed by atoms with Crippen molar-refractivity contribution in [2.45, 2.75) is 18.2 Å². The molecule has 1 aromatic rings. The highest BCUT2D eigenvalue weighted by Gasteiger charge is 2.27. The van der Waals surface area contributed by atoms with E-state index in [9.17, 15) is 18.5 Å². The maximum absolute atomic E-state index is 12.4. The Morgan fingerprint density at radius 1 is 1.50 bits per heavy atom. The summed E-state index contributed by atoms with van der Waals surface area (Å²) in [7, 11) is -3.96. The lowest BCUT2D eigenvalue weighted by Gasteiger charge is -2.20. The highest BCUT2D eigenvalue weighted by atomic mass is 32.2. The standard InChI is InChI=1S/C11H14N4O4S/c1-2-14(7-3-6-12)20(18,19)11-8-9(15(16)17)4-5-10(11)13/h4-5,8H,2-3,7,13H2,1H3. The fourth-order valence-corrected chi connectivity index (χ4v) is 3.21. The molecule has 0 atom stereocenters. The number of anilines is 1. The van der Waals surface area contributed by atoms with Crippen LogP contribution in [-0.4, -0.2) is 30.7 Å². The van der Waals surface area contributed by atoms with Gasteiger partial charge in [-0.2, -0.15) is 9.57 Å². The zero-order valence-electron chi connectivity index (χ0n) is 10.8. The van der Waals surface area contributed by atoms with E-state index in [4.69, 9.17) is 11.0 Å². The maximum atomic E-state index is 12.4. The highest BCUT2D eigenvalue weighted by Crippen LogP contribution is 2.26. The van der Waals surface area contributed by atoms with Gasteiger partial charge in [0.1, 0.15) is 4.90 Å². The third-order valence-electron chi connectivity index (χ3n) is 2.65. The first-order valence-corrected chi connectivity index (χ1v) is 7.19. The first kappa shape index (κ1) is 15.9. The van der Waals surface area contributed by atoms with Gasteiger partial charge in [0.2, 0.25) is 10.0 Å². The number of nitro groups is 1. The first-order chi connectivity index (χ1) is 9.34. The molecule has 0 aliphatic rings. The molecule has 2 N–H and O–H groups in total. The second-order valence-electron chi connectivity index (χ2n) is 3.88. The van der Waals surface area contributed by atoms with Gasteiger partial charge in [-0.05, 0) is 6.07 Å². The lowest BCUT2D eigenvalue weighted by atomic mass is 10.3. The molecular weight excluding hydrogens is 284 g/mol. The van der Waals surface area contributed by atoms with Gasteiger partial charge in [0.25, 0.3) is 5.69 Å². The summed E-state index contributed by atoms with van der Waals surface area (Å²) in [6.07, 6.45) is 0.0297. The number of nitro benzene ring substituents is 1. The van der Waals surface area contributed by atoms with Gasteiger partial charge in [-0.25, -0.2) is 8.42 Å². The topological polar surface area (TPSA) is 130 Å².